The first-order valence-electron chi connectivity index (χ1n) is 6.93. The molecule has 0 bridgehead atoms. The van der Waals surface area contributed by atoms with Crippen molar-refractivity contribution in [2.45, 2.75) is 6.04 Å². The minimum Gasteiger partial charge on any atom is -0.478 e. The van der Waals surface area contributed by atoms with E-state index in [-0.39, 0.29) is 10.9 Å². The highest BCUT2D eigenvalue weighted by atomic mass is 35.5. The summed E-state index contributed by atoms with van der Waals surface area (Å²) in [6, 6.07) is 6.11. The van der Waals surface area contributed by atoms with Crippen molar-refractivity contribution in [1.82, 2.24) is 3.82 Å². The van der Waals surface area contributed by atoms with Crippen molar-refractivity contribution >= 4 is 58.0 Å². The molecular formula is C15H8Cl2F3N3O2S. The third-order valence-electron chi connectivity index (χ3n) is 3.52. The van der Waals surface area contributed by atoms with E-state index in [1.54, 1.807) is 12.1 Å². The second kappa shape index (κ2) is 7.36. The zero-order valence-corrected chi connectivity index (χ0v) is 14.8. The lowest BCUT2D eigenvalue weighted by molar-refractivity contribution is 0.0696. The van der Waals surface area contributed by atoms with E-state index in [0.717, 1.165) is 12.1 Å². The van der Waals surface area contributed by atoms with E-state index in [2.05, 4.69) is 9.71 Å². The molecule has 0 radical (unpaired) electrons. The Morgan fingerprint density at radius 3 is 2.42 bits per heavy atom. The second-order valence-electron chi connectivity index (χ2n) is 5.13. The van der Waals surface area contributed by atoms with Crippen LogP contribution in [-0.2, 0) is 0 Å². The number of anilines is 2. The molecular weight excluding hydrogens is 414 g/mol. The first-order chi connectivity index (χ1) is 12.3. The van der Waals surface area contributed by atoms with Gasteiger partial charge in [0.2, 0.25) is 0 Å². The SMILES string of the molecule is O=C(O)c1cc(F)c(F)c(F)c1Nc1ccc(C2C(Cl)=NSN2Cl)cc1. The number of carboxylic acids is 1. The molecule has 2 aromatic rings. The Morgan fingerprint density at radius 1 is 1.23 bits per heavy atom. The Bertz CT molecular complexity index is 912. The highest BCUT2D eigenvalue weighted by molar-refractivity contribution is 7.97. The van der Waals surface area contributed by atoms with Crippen LogP contribution in [0.1, 0.15) is 22.0 Å². The van der Waals surface area contributed by atoms with Gasteiger partial charge in [-0.25, -0.2) is 18.0 Å². The maximum atomic E-state index is 14.0. The zero-order chi connectivity index (χ0) is 19.0. The normalized spacial score (nSPS) is 17.3. The van der Waals surface area contributed by atoms with E-state index in [4.69, 9.17) is 28.5 Å². The molecule has 0 saturated heterocycles. The van der Waals surface area contributed by atoms with Crippen LogP contribution in [0.4, 0.5) is 24.5 Å². The van der Waals surface area contributed by atoms with Gasteiger partial charge in [0.1, 0.15) is 11.2 Å². The average molecular weight is 422 g/mol. The lowest BCUT2D eigenvalue weighted by Crippen LogP contribution is -2.13. The quantitative estimate of drug-likeness (QED) is 0.400. The van der Waals surface area contributed by atoms with Gasteiger partial charge in [0.25, 0.3) is 0 Å². The predicted octanol–water partition coefficient (Wildman–Crippen LogP) is 5.26. The molecule has 26 heavy (non-hydrogen) atoms. The topological polar surface area (TPSA) is 64.9 Å². The molecule has 0 spiro atoms. The largest absolute Gasteiger partial charge is 0.478 e. The van der Waals surface area contributed by atoms with Gasteiger partial charge in [0.05, 0.1) is 23.4 Å². The van der Waals surface area contributed by atoms with Gasteiger partial charge in [0, 0.05) is 5.69 Å². The fraction of sp³-hybridized carbons (Fsp3) is 0.0667. The van der Waals surface area contributed by atoms with Crippen LogP contribution in [0, 0.1) is 17.5 Å². The van der Waals surface area contributed by atoms with Crippen LogP contribution in [0.15, 0.2) is 34.7 Å². The van der Waals surface area contributed by atoms with Crippen molar-refractivity contribution in [1.29, 1.82) is 0 Å². The second-order valence-corrected chi connectivity index (χ2v) is 6.82. The van der Waals surface area contributed by atoms with Gasteiger partial charge in [-0.1, -0.05) is 23.7 Å². The molecule has 11 heteroatoms. The molecule has 2 N–H and O–H groups in total. The lowest BCUT2D eigenvalue weighted by atomic mass is 10.1. The highest BCUT2D eigenvalue weighted by Crippen LogP contribution is 2.39. The van der Waals surface area contributed by atoms with Crippen molar-refractivity contribution in [2.75, 3.05) is 5.32 Å². The van der Waals surface area contributed by atoms with Gasteiger partial charge in [-0.2, -0.15) is 4.40 Å². The Morgan fingerprint density at radius 2 is 1.88 bits per heavy atom. The van der Waals surface area contributed by atoms with Gasteiger partial charge < -0.3 is 10.4 Å². The van der Waals surface area contributed by atoms with Crippen LogP contribution >= 0.6 is 35.5 Å². The van der Waals surface area contributed by atoms with Gasteiger partial charge in [0.15, 0.2) is 17.5 Å². The van der Waals surface area contributed by atoms with Crippen LogP contribution in [0.25, 0.3) is 0 Å². The number of nitrogens with zero attached hydrogens (tertiary/aromatic N) is 2. The molecule has 3 rings (SSSR count). The number of aromatic carboxylic acids is 1. The first-order valence-corrected chi connectivity index (χ1v) is 8.37. The highest BCUT2D eigenvalue weighted by Gasteiger charge is 2.30. The molecule has 0 amide bonds. The number of carbonyl (C=O) groups is 1. The summed E-state index contributed by atoms with van der Waals surface area (Å²) in [5.74, 6) is -6.58. The molecule has 2 aromatic carbocycles. The lowest BCUT2D eigenvalue weighted by Gasteiger charge is -2.16. The molecule has 5 nitrogen and oxygen atoms in total. The molecule has 0 fully saturated rings. The van der Waals surface area contributed by atoms with Crippen LogP contribution in [0.2, 0.25) is 0 Å². The Kier molecular flexibility index (Phi) is 5.33. The predicted molar refractivity (Wildman–Crippen MR) is 94.3 cm³/mol. The van der Waals surface area contributed by atoms with E-state index in [0.29, 0.717) is 11.6 Å². The molecule has 0 saturated carbocycles. The summed E-state index contributed by atoms with van der Waals surface area (Å²) in [7, 11) is 0. The summed E-state index contributed by atoms with van der Waals surface area (Å²) >= 11 is 12.9. The van der Waals surface area contributed by atoms with Gasteiger partial charge in [-0.05, 0) is 35.5 Å². The number of carboxylic acid groups (broad SMARTS) is 1. The minimum atomic E-state index is -1.77. The Balaban J connectivity index is 1.92. The van der Waals surface area contributed by atoms with Crippen molar-refractivity contribution in [3.05, 3.63) is 58.9 Å². The smallest absolute Gasteiger partial charge is 0.338 e. The average Bonchev–Trinajstić information content (AvgIpc) is 2.94. The summed E-state index contributed by atoms with van der Waals surface area (Å²) in [4.78, 5) is 11.2. The molecule has 0 aliphatic carbocycles. The maximum absolute atomic E-state index is 14.0. The molecule has 1 heterocycles. The molecule has 1 unspecified atom stereocenters. The van der Waals surface area contributed by atoms with E-state index < -0.39 is 40.7 Å². The monoisotopic (exact) mass is 421 g/mol. The van der Waals surface area contributed by atoms with E-state index >= 15 is 0 Å². The van der Waals surface area contributed by atoms with E-state index in [9.17, 15) is 18.0 Å². The summed E-state index contributed by atoms with van der Waals surface area (Å²) in [6.45, 7) is 0. The number of benzene rings is 2. The summed E-state index contributed by atoms with van der Waals surface area (Å²) < 4.78 is 45.9. The number of hydrogen-bond acceptors (Lipinski definition) is 5. The number of rotatable bonds is 4. The standard InChI is InChI=1S/C15H8Cl2F3N3O2S/c16-14-13(23(17)26-22-14)6-1-3-7(4-2-6)21-12-8(15(24)25)5-9(18)10(19)11(12)20/h1-5,13,21H,(H,24,25). The fourth-order valence-corrected chi connectivity index (χ4v) is 3.59. The molecule has 0 aromatic heterocycles. The number of halogens is 5. The van der Waals surface area contributed by atoms with Crippen LogP contribution in [0.5, 0.6) is 0 Å². The fourth-order valence-electron chi connectivity index (χ4n) is 2.29. The van der Waals surface area contributed by atoms with Crippen molar-refractivity contribution in [3.63, 3.8) is 0 Å². The minimum absolute atomic E-state index is 0.251. The molecule has 1 atom stereocenters. The summed E-state index contributed by atoms with van der Waals surface area (Å²) in [5, 5.41) is 11.8. The number of nitrogens with one attached hydrogen (secondary N) is 1. The Labute approximate surface area is 159 Å². The third-order valence-corrected chi connectivity index (χ3v) is 4.94. The molecule has 136 valence electrons. The molecule has 1 aliphatic rings. The van der Waals surface area contributed by atoms with Gasteiger partial charge >= 0.3 is 5.97 Å². The van der Waals surface area contributed by atoms with E-state index in [1.807, 2.05) is 0 Å². The van der Waals surface area contributed by atoms with Crippen molar-refractivity contribution < 1.29 is 23.1 Å². The van der Waals surface area contributed by atoms with Crippen molar-refractivity contribution in [2.24, 2.45) is 4.40 Å². The van der Waals surface area contributed by atoms with Crippen LogP contribution < -0.4 is 5.32 Å². The first kappa shape index (κ1) is 18.8. The maximum Gasteiger partial charge on any atom is 0.338 e. The third kappa shape index (κ3) is 3.48. The molecule has 1 aliphatic heterocycles. The van der Waals surface area contributed by atoms with Gasteiger partial charge in [-0.3, -0.25) is 0 Å². The van der Waals surface area contributed by atoms with Gasteiger partial charge in [-0.15, -0.1) is 3.82 Å². The van der Waals surface area contributed by atoms with Crippen molar-refractivity contribution in [3.8, 4) is 0 Å². The van der Waals surface area contributed by atoms with E-state index in [1.165, 1.54) is 16.0 Å². The van der Waals surface area contributed by atoms with Crippen LogP contribution in [-0.4, -0.2) is 20.1 Å². The zero-order valence-electron chi connectivity index (χ0n) is 12.5. The summed E-state index contributed by atoms with van der Waals surface area (Å²) in [5.41, 5.74) is -0.492. The van der Waals surface area contributed by atoms with Crippen LogP contribution in [0.3, 0.4) is 0 Å². The number of hydrogen-bond donors (Lipinski definition) is 2. The Hall–Kier alpha value is -1.94. The summed E-state index contributed by atoms with van der Waals surface area (Å²) in [6.07, 6.45) is 0.